The van der Waals surface area contributed by atoms with E-state index >= 15 is 0 Å². The molecule has 0 amide bonds. The van der Waals surface area contributed by atoms with Crippen LogP contribution in [0.25, 0.3) is 0 Å². The maximum atomic E-state index is 11.2. The smallest absolute Gasteiger partial charge is 0.229 e. The second-order valence-corrected chi connectivity index (χ2v) is 6.96. The number of hydrogen-bond donors (Lipinski definition) is 3. The van der Waals surface area contributed by atoms with E-state index < -0.39 is 10.0 Å². The zero-order valence-electron chi connectivity index (χ0n) is 11.1. The van der Waals surface area contributed by atoms with E-state index in [0.29, 0.717) is 17.8 Å². The van der Waals surface area contributed by atoms with Crippen molar-refractivity contribution in [3.63, 3.8) is 0 Å². The number of sulfonamides is 1. The number of nitrogens with one attached hydrogen (secondary N) is 2. The first kappa shape index (κ1) is 14.1. The Kier molecular flexibility index (Phi) is 4.31. The minimum absolute atomic E-state index is 0.330. The van der Waals surface area contributed by atoms with E-state index in [4.69, 9.17) is 5.73 Å². The molecule has 0 unspecified atom stereocenters. The fourth-order valence-electron chi connectivity index (χ4n) is 2.39. The van der Waals surface area contributed by atoms with E-state index in [2.05, 4.69) is 10.0 Å². The summed E-state index contributed by atoms with van der Waals surface area (Å²) in [6, 6.07) is 8.09. The number of nitrogens with two attached hydrogens (primary N) is 1. The molecule has 1 aromatic rings. The van der Waals surface area contributed by atoms with Gasteiger partial charge in [0.05, 0.1) is 11.9 Å². The lowest BCUT2D eigenvalue weighted by atomic mass is 9.91. The van der Waals surface area contributed by atoms with Gasteiger partial charge in [-0.25, -0.2) is 8.42 Å². The number of hydrogen-bond acceptors (Lipinski definition) is 4. The average molecular weight is 283 g/mol. The van der Waals surface area contributed by atoms with E-state index in [-0.39, 0.29) is 0 Å². The Labute approximate surface area is 114 Å². The zero-order valence-corrected chi connectivity index (χ0v) is 11.9. The van der Waals surface area contributed by atoms with E-state index in [1.807, 2.05) is 18.2 Å². The van der Waals surface area contributed by atoms with Gasteiger partial charge < -0.3 is 11.1 Å². The van der Waals surface area contributed by atoms with Crippen molar-refractivity contribution in [1.82, 2.24) is 0 Å². The minimum Gasteiger partial charge on any atom is -0.382 e. The zero-order chi connectivity index (χ0) is 13.9. The van der Waals surface area contributed by atoms with Crippen LogP contribution in [0.5, 0.6) is 0 Å². The number of anilines is 2. The molecule has 1 saturated carbocycles. The summed E-state index contributed by atoms with van der Waals surface area (Å²) < 4.78 is 24.9. The van der Waals surface area contributed by atoms with E-state index in [9.17, 15) is 8.42 Å². The highest BCUT2D eigenvalue weighted by Crippen LogP contribution is 2.23. The molecular formula is C13H21N3O2S. The van der Waals surface area contributed by atoms with Gasteiger partial charge in [-0.2, -0.15) is 0 Å². The Morgan fingerprint density at radius 2 is 1.79 bits per heavy atom. The maximum absolute atomic E-state index is 11.2. The SMILES string of the molecule is CS(=O)(=O)Nc1cccc(NC2CCC(N)CC2)c1. The molecule has 0 heterocycles. The van der Waals surface area contributed by atoms with Gasteiger partial charge in [-0.1, -0.05) is 6.07 Å². The molecule has 0 atom stereocenters. The Balaban J connectivity index is 1.99. The normalized spacial score (nSPS) is 23.9. The van der Waals surface area contributed by atoms with Gasteiger partial charge in [-0.3, -0.25) is 4.72 Å². The fourth-order valence-corrected chi connectivity index (χ4v) is 2.94. The summed E-state index contributed by atoms with van der Waals surface area (Å²) in [4.78, 5) is 0. The summed E-state index contributed by atoms with van der Waals surface area (Å²) >= 11 is 0. The van der Waals surface area contributed by atoms with Crippen LogP contribution in [-0.2, 0) is 10.0 Å². The van der Waals surface area contributed by atoms with Gasteiger partial charge in [-0.05, 0) is 43.9 Å². The number of rotatable bonds is 4. The van der Waals surface area contributed by atoms with E-state index in [0.717, 1.165) is 37.6 Å². The first-order chi connectivity index (χ1) is 8.92. The van der Waals surface area contributed by atoms with Crippen molar-refractivity contribution < 1.29 is 8.42 Å². The Morgan fingerprint density at radius 1 is 1.16 bits per heavy atom. The Bertz CT molecular complexity index is 522. The van der Waals surface area contributed by atoms with Crippen molar-refractivity contribution in [3.8, 4) is 0 Å². The second-order valence-electron chi connectivity index (χ2n) is 5.21. The van der Waals surface area contributed by atoms with Crippen LogP contribution in [-0.4, -0.2) is 26.8 Å². The summed E-state index contributed by atoms with van der Waals surface area (Å²) in [5.74, 6) is 0. The molecule has 106 valence electrons. The third-order valence-corrected chi connectivity index (χ3v) is 3.91. The molecule has 5 nitrogen and oxygen atoms in total. The Morgan fingerprint density at radius 3 is 2.42 bits per heavy atom. The van der Waals surface area contributed by atoms with Gasteiger partial charge in [0.1, 0.15) is 0 Å². The van der Waals surface area contributed by atoms with Crippen molar-refractivity contribution in [1.29, 1.82) is 0 Å². The molecule has 0 saturated heterocycles. The second kappa shape index (κ2) is 5.79. The molecule has 4 N–H and O–H groups in total. The quantitative estimate of drug-likeness (QED) is 0.786. The van der Waals surface area contributed by atoms with E-state index in [1.165, 1.54) is 0 Å². The lowest BCUT2D eigenvalue weighted by molar-refractivity contribution is 0.411. The molecule has 0 radical (unpaired) electrons. The highest BCUT2D eigenvalue weighted by atomic mass is 32.2. The van der Waals surface area contributed by atoms with Gasteiger partial charge in [-0.15, -0.1) is 0 Å². The monoisotopic (exact) mass is 283 g/mol. The maximum Gasteiger partial charge on any atom is 0.229 e. The lowest BCUT2D eigenvalue weighted by Crippen LogP contribution is -2.32. The van der Waals surface area contributed by atoms with Crippen LogP contribution < -0.4 is 15.8 Å². The van der Waals surface area contributed by atoms with Crippen LogP contribution >= 0.6 is 0 Å². The average Bonchev–Trinajstić information content (AvgIpc) is 2.30. The van der Waals surface area contributed by atoms with Crippen LogP contribution in [0, 0.1) is 0 Å². The van der Waals surface area contributed by atoms with Crippen LogP contribution in [0.4, 0.5) is 11.4 Å². The molecule has 0 aliphatic heterocycles. The third kappa shape index (κ3) is 4.72. The largest absolute Gasteiger partial charge is 0.382 e. The van der Waals surface area contributed by atoms with Crippen LogP contribution in [0.3, 0.4) is 0 Å². The van der Waals surface area contributed by atoms with Crippen LogP contribution in [0.2, 0.25) is 0 Å². The number of benzene rings is 1. The van der Waals surface area contributed by atoms with Crippen molar-refractivity contribution in [2.75, 3.05) is 16.3 Å². The molecule has 6 heteroatoms. The van der Waals surface area contributed by atoms with Crippen molar-refractivity contribution >= 4 is 21.4 Å². The molecule has 1 aromatic carbocycles. The Hall–Kier alpha value is -1.27. The molecular weight excluding hydrogens is 262 g/mol. The van der Waals surface area contributed by atoms with Crippen molar-refractivity contribution in [2.24, 2.45) is 5.73 Å². The first-order valence-electron chi connectivity index (χ1n) is 6.52. The summed E-state index contributed by atoms with van der Waals surface area (Å²) in [7, 11) is -3.23. The van der Waals surface area contributed by atoms with Crippen molar-refractivity contribution in [3.05, 3.63) is 24.3 Å². The summed E-state index contributed by atoms with van der Waals surface area (Å²) in [5, 5.41) is 3.44. The minimum atomic E-state index is -3.23. The van der Waals surface area contributed by atoms with E-state index in [1.54, 1.807) is 6.07 Å². The fraction of sp³-hybridized carbons (Fsp3) is 0.538. The first-order valence-corrected chi connectivity index (χ1v) is 8.41. The molecule has 1 aliphatic rings. The molecule has 1 fully saturated rings. The topological polar surface area (TPSA) is 84.2 Å². The highest BCUT2D eigenvalue weighted by Gasteiger charge is 2.18. The highest BCUT2D eigenvalue weighted by molar-refractivity contribution is 7.92. The molecule has 1 aliphatic carbocycles. The van der Waals surface area contributed by atoms with Gasteiger partial charge in [0, 0.05) is 17.8 Å². The molecule has 0 aromatic heterocycles. The predicted molar refractivity (Wildman–Crippen MR) is 78.8 cm³/mol. The summed E-state index contributed by atoms with van der Waals surface area (Å²) in [6.45, 7) is 0. The lowest BCUT2D eigenvalue weighted by Gasteiger charge is -2.27. The molecule has 0 spiro atoms. The molecule has 19 heavy (non-hydrogen) atoms. The predicted octanol–water partition coefficient (Wildman–Crippen LogP) is 1.74. The third-order valence-electron chi connectivity index (χ3n) is 3.31. The van der Waals surface area contributed by atoms with Crippen LogP contribution in [0.15, 0.2) is 24.3 Å². The summed E-state index contributed by atoms with van der Waals surface area (Å²) in [6.07, 6.45) is 5.35. The summed E-state index contributed by atoms with van der Waals surface area (Å²) in [5.41, 5.74) is 7.40. The van der Waals surface area contributed by atoms with Gasteiger partial charge in [0.25, 0.3) is 0 Å². The van der Waals surface area contributed by atoms with Gasteiger partial charge >= 0.3 is 0 Å². The standard InChI is InChI=1S/C13H21N3O2S/c1-19(17,18)16-13-4-2-3-12(9-13)15-11-7-5-10(14)6-8-11/h2-4,9-11,15-16H,5-8,14H2,1H3. The molecule has 0 bridgehead atoms. The van der Waals surface area contributed by atoms with Gasteiger partial charge in [0.2, 0.25) is 10.0 Å². The molecule has 2 rings (SSSR count). The van der Waals surface area contributed by atoms with Crippen LogP contribution in [0.1, 0.15) is 25.7 Å². The van der Waals surface area contributed by atoms with Gasteiger partial charge in [0.15, 0.2) is 0 Å². The van der Waals surface area contributed by atoms with Crippen molar-refractivity contribution in [2.45, 2.75) is 37.8 Å².